The minimum atomic E-state index is -4.63. The topological polar surface area (TPSA) is 149 Å². The fourth-order valence-corrected chi connectivity index (χ4v) is 6.38. The van der Waals surface area contributed by atoms with E-state index in [4.69, 9.17) is 19.1 Å². The molecule has 0 aliphatic carbocycles. The molecule has 1 unspecified atom stereocenters. The first kappa shape index (κ1) is 52.9. The molecule has 11 heteroatoms. The lowest BCUT2D eigenvalue weighted by atomic mass is 10.1. The minimum Gasteiger partial charge on any atom is -0.462 e. The molecule has 55 heavy (non-hydrogen) atoms. The van der Waals surface area contributed by atoms with E-state index in [-0.39, 0.29) is 19.4 Å². The van der Waals surface area contributed by atoms with Crippen molar-refractivity contribution in [1.29, 1.82) is 0 Å². The second-order valence-corrected chi connectivity index (χ2v) is 15.8. The van der Waals surface area contributed by atoms with Crippen LogP contribution in [-0.4, -0.2) is 65.7 Å². The Hall–Kier alpha value is -2.07. The summed E-state index contributed by atoms with van der Waals surface area (Å²) in [6, 6.07) is 0. The summed E-state index contributed by atoms with van der Waals surface area (Å²) in [5.74, 6) is -0.992. The molecule has 0 aromatic carbocycles. The number of rotatable bonds is 40. The molecule has 0 aromatic heterocycles. The Kier molecular flexibility index (Phi) is 38.6. The molecule has 3 N–H and O–H groups in total. The summed E-state index contributed by atoms with van der Waals surface area (Å²) in [4.78, 5) is 34.9. The second-order valence-electron chi connectivity index (χ2n) is 14.4. The molecule has 0 heterocycles. The van der Waals surface area contributed by atoms with Crippen molar-refractivity contribution < 1.29 is 47.8 Å². The van der Waals surface area contributed by atoms with Gasteiger partial charge in [-0.25, -0.2) is 4.57 Å². The molecule has 3 atom stereocenters. The van der Waals surface area contributed by atoms with Crippen LogP contribution in [0.1, 0.15) is 181 Å². The molecule has 0 aliphatic heterocycles. The number of ether oxygens (including phenoxy) is 2. The lowest BCUT2D eigenvalue weighted by Gasteiger charge is -2.20. The van der Waals surface area contributed by atoms with E-state index in [2.05, 4.69) is 60.9 Å². The van der Waals surface area contributed by atoms with Crippen molar-refractivity contribution in [1.82, 2.24) is 0 Å². The van der Waals surface area contributed by atoms with E-state index >= 15 is 0 Å². The highest BCUT2D eigenvalue weighted by Gasteiger charge is 2.27. The van der Waals surface area contributed by atoms with Gasteiger partial charge in [-0.3, -0.25) is 18.6 Å². The van der Waals surface area contributed by atoms with Gasteiger partial charge in [-0.1, -0.05) is 146 Å². The molecule has 0 aliphatic rings. The Labute approximate surface area is 334 Å². The van der Waals surface area contributed by atoms with Crippen molar-refractivity contribution in [3.63, 3.8) is 0 Å². The maximum atomic E-state index is 12.6. The van der Waals surface area contributed by atoms with E-state index in [0.29, 0.717) is 19.3 Å². The molecular formula is C44H79O10P. The van der Waals surface area contributed by atoms with E-state index in [0.717, 1.165) is 44.9 Å². The highest BCUT2D eigenvalue weighted by Crippen LogP contribution is 2.43. The number of phosphoric ester groups is 1. The third-order valence-electron chi connectivity index (χ3n) is 8.96. The second kappa shape index (κ2) is 40.1. The Bertz CT molecular complexity index is 1060. The number of aliphatic hydroxyl groups is 2. The normalized spacial score (nSPS) is 14.3. The molecule has 0 fully saturated rings. The van der Waals surface area contributed by atoms with Crippen molar-refractivity contribution in [2.45, 2.75) is 193 Å². The lowest BCUT2D eigenvalue weighted by molar-refractivity contribution is -0.161. The van der Waals surface area contributed by atoms with Gasteiger partial charge in [0.05, 0.1) is 19.8 Å². The number of carbonyl (C=O) groups excluding carboxylic acids is 2. The van der Waals surface area contributed by atoms with E-state index in [1.54, 1.807) is 0 Å². The highest BCUT2D eigenvalue weighted by atomic mass is 31.2. The summed E-state index contributed by atoms with van der Waals surface area (Å²) >= 11 is 0. The highest BCUT2D eigenvalue weighted by molar-refractivity contribution is 7.47. The predicted octanol–water partition coefficient (Wildman–Crippen LogP) is 11.3. The van der Waals surface area contributed by atoms with Gasteiger partial charge in [-0.2, -0.15) is 0 Å². The van der Waals surface area contributed by atoms with Crippen LogP contribution in [0.3, 0.4) is 0 Å². The van der Waals surface area contributed by atoms with Crippen molar-refractivity contribution in [2.24, 2.45) is 0 Å². The van der Waals surface area contributed by atoms with E-state index in [1.807, 2.05) is 6.08 Å². The minimum absolute atomic E-state index is 0.111. The number of hydrogen-bond acceptors (Lipinski definition) is 9. The summed E-state index contributed by atoms with van der Waals surface area (Å²) in [6.07, 6.45) is 42.2. The fraction of sp³-hybridized carbons (Fsp3) is 0.773. The maximum absolute atomic E-state index is 12.6. The molecule has 0 rings (SSSR count). The summed E-state index contributed by atoms with van der Waals surface area (Å²) in [6.45, 7) is 2.30. The van der Waals surface area contributed by atoms with Gasteiger partial charge in [0.2, 0.25) is 0 Å². The van der Waals surface area contributed by atoms with Crippen molar-refractivity contribution in [2.75, 3.05) is 26.4 Å². The van der Waals surface area contributed by atoms with Crippen molar-refractivity contribution >= 4 is 19.8 Å². The standard InChI is InChI=1S/C44H79O10P/c1-3-5-7-9-11-13-15-17-19-20-22-24-26-28-30-32-34-36-44(48)54-42(40-53-55(49,50)52-38-41(46)37-45)39-51-43(47)35-33-31-29-27-25-23-21-18-16-14-12-10-8-6-4-2/h14,16-17,19,22,24,28,30,41-42,45-46H,3-13,15,18,20-21,23,25-27,29,31-40H2,1-2H3,(H,49,50)/b16-14-,19-17-,24-22-,30-28-/t41-,42+/m0/s1. The van der Waals surface area contributed by atoms with E-state index in [9.17, 15) is 24.2 Å². The summed E-state index contributed by atoms with van der Waals surface area (Å²) < 4.78 is 32.6. The Morgan fingerprint density at radius 2 is 0.964 bits per heavy atom. The number of unbranched alkanes of at least 4 members (excludes halogenated alkanes) is 18. The lowest BCUT2D eigenvalue weighted by Crippen LogP contribution is -2.29. The zero-order valence-corrected chi connectivity index (χ0v) is 35.5. The largest absolute Gasteiger partial charge is 0.472 e. The fourth-order valence-electron chi connectivity index (χ4n) is 5.59. The monoisotopic (exact) mass is 799 g/mol. The first-order valence-electron chi connectivity index (χ1n) is 21.6. The van der Waals surface area contributed by atoms with Gasteiger partial charge in [0.15, 0.2) is 6.10 Å². The molecule has 0 amide bonds. The average Bonchev–Trinajstić information content (AvgIpc) is 3.17. The molecule has 0 saturated carbocycles. The van der Waals surface area contributed by atoms with Crippen LogP contribution in [0, 0.1) is 0 Å². The molecule has 0 bridgehead atoms. The van der Waals surface area contributed by atoms with Gasteiger partial charge in [-0.15, -0.1) is 0 Å². The van der Waals surface area contributed by atoms with E-state index < -0.39 is 51.8 Å². The van der Waals surface area contributed by atoms with Gasteiger partial charge in [0.1, 0.15) is 12.7 Å². The zero-order chi connectivity index (χ0) is 40.5. The predicted molar refractivity (Wildman–Crippen MR) is 224 cm³/mol. The van der Waals surface area contributed by atoms with E-state index in [1.165, 1.54) is 89.9 Å². The molecular weight excluding hydrogens is 719 g/mol. The van der Waals surface area contributed by atoms with Gasteiger partial charge in [0, 0.05) is 12.8 Å². The summed E-state index contributed by atoms with van der Waals surface area (Å²) in [5, 5.41) is 18.3. The van der Waals surface area contributed by atoms with Gasteiger partial charge >= 0.3 is 19.8 Å². The van der Waals surface area contributed by atoms with Gasteiger partial charge < -0.3 is 24.6 Å². The molecule has 0 aromatic rings. The Balaban J connectivity index is 4.40. The van der Waals surface area contributed by atoms with Crippen molar-refractivity contribution in [3.8, 4) is 0 Å². The van der Waals surface area contributed by atoms with Gasteiger partial charge in [0.25, 0.3) is 0 Å². The molecule has 0 spiro atoms. The van der Waals surface area contributed by atoms with Crippen molar-refractivity contribution in [3.05, 3.63) is 48.6 Å². The van der Waals surface area contributed by atoms with Crippen LogP contribution < -0.4 is 0 Å². The van der Waals surface area contributed by atoms with Crippen LogP contribution >= 0.6 is 7.82 Å². The molecule has 320 valence electrons. The summed E-state index contributed by atoms with van der Waals surface area (Å²) in [7, 11) is -4.63. The SMILES string of the molecule is CCCCCC/C=C\CCCCCCCCCC(=O)OC[C@H](COP(=O)(O)OC[C@@H](O)CO)OC(=O)CCC/C=C\C/C=C\C/C=C\CCCCCCCC. The molecule has 10 nitrogen and oxygen atoms in total. The van der Waals surface area contributed by atoms with Crippen LogP contribution in [-0.2, 0) is 32.7 Å². The number of allylic oxidation sites excluding steroid dienone is 8. The number of carbonyl (C=O) groups is 2. The number of aliphatic hydroxyl groups excluding tert-OH is 2. The van der Waals surface area contributed by atoms with Crippen LogP contribution in [0.15, 0.2) is 48.6 Å². The van der Waals surface area contributed by atoms with Crippen LogP contribution in [0.2, 0.25) is 0 Å². The van der Waals surface area contributed by atoms with Crippen LogP contribution in [0.25, 0.3) is 0 Å². The number of esters is 2. The van der Waals surface area contributed by atoms with Crippen LogP contribution in [0.4, 0.5) is 0 Å². The molecule has 0 saturated heterocycles. The number of hydrogen-bond donors (Lipinski definition) is 3. The van der Waals surface area contributed by atoms with Gasteiger partial charge in [-0.05, 0) is 70.6 Å². The quantitative estimate of drug-likeness (QED) is 0.0237. The number of phosphoric acid groups is 1. The summed E-state index contributed by atoms with van der Waals surface area (Å²) in [5.41, 5.74) is 0. The first-order chi connectivity index (χ1) is 26.7. The smallest absolute Gasteiger partial charge is 0.462 e. The Morgan fingerprint density at radius 3 is 1.51 bits per heavy atom. The van der Waals surface area contributed by atoms with Crippen LogP contribution in [0.5, 0.6) is 0 Å². The third-order valence-corrected chi connectivity index (χ3v) is 9.91. The first-order valence-corrected chi connectivity index (χ1v) is 23.1. The molecule has 0 radical (unpaired) electrons. The third kappa shape index (κ3) is 39.9. The maximum Gasteiger partial charge on any atom is 0.472 e. The Morgan fingerprint density at radius 1 is 0.545 bits per heavy atom. The zero-order valence-electron chi connectivity index (χ0n) is 34.6. The average molecular weight is 799 g/mol.